The average Bonchev–Trinajstić information content (AvgIpc) is 2.56. The summed E-state index contributed by atoms with van der Waals surface area (Å²) in [5, 5.41) is 10.2. The molecule has 1 saturated heterocycles. The zero-order valence-corrected chi connectivity index (χ0v) is 8.80. The van der Waals surface area contributed by atoms with E-state index < -0.39 is 23.1 Å². The summed E-state index contributed by atoms with van der Waals surface area (Å²) in [5.41, 5.74) is -1.59. The molecule has 1 heterocycles. The van der Waals surface area contributed by atoms with Gasteiger partial charge in [0, 0.05) is 18.7 Å². The van der Waals surface area contributed by atoms with E-state index in [0.717, 1.165) is 12.1 Å². The smallest absolute Gasteiger partial charge is 0.194 e. The van der Waals surface area contributed by atoms with Crippen LogP contribution >= 0.6 is 0 Å². The fourth-order valence-corrected chi connectivity index (χ4v) is 2.09. The van der Waals surface area contributed by atoms with Crippen LogP contribution in [-0.4, -0.2) is 30.1 Å². The van der Waals surface area contributed by atoms with Crippen molar-refractivity contribution in [3.63, 3.8) is 0 Å². The SMILES string of the molecule is CN1CCC(O)(c2ccc(F)c(F)c2F)C1. The van der Waals surface area contributed by atoms with Gasteiger partial charge in [-0.3, -0.25) is 0 Å². The third-order valence-electron chi connectivity index (χ3n) is 2.98. The fourth-order valence-electron chi connectivity index (χ4n) is 2.09. The van der Waals surface area contributed by atoms with Crippen LogP contribution in [0.25, 0.3) is 0 Å². The number of halogens is 3. The van der Waals surface area contributed by atoms with Gasteiger partial charge in [-0.15, -0.1) is 0 Å². The highest BCUT2D eigenvalue weighted by Crippen LogP contribution is 2.33. The second-order valence-corrected chi connectivity index (χ2v) is 4.24. The van der Waals surface area contributed by atoms with Gasteiger partial charge >= 0.3 is 0 Å². The summed E-state index contributed by atoms with van der Waals surface area (Å²) >= 11 is 0. The van der Waals surface area contributed by atoms with E-state index in [0.29, 0.717) is 13.0 Å². The van der Waals surface area contributed by atoms with Crippen molar-refractivity contribution >= 4 is 0 Å². The van der Waals surface area contributed by atoms with Gasteiger partial charge in [-0.2, -0.15) is 0 Å². The Morgan fingerprint density at radius 2 is 1.94 bits per heavy atom. The molecule has 1 aliphatic heterocycles. The zero-order chi connectivity index (χ0) is 11.9. The van der Waals surface area contributed by atoms with E-state index in [-0.39, 0.29) is 12.1 Å². The Labute approximate surface area is 91.3 Å². The van der Waals surface area contributed by atoms with Crippen LogP contribution in [0, 0.1) is 17.5 Å². The van der Waals surface area contributed by atoms with Crippen LogP contribution in [0.5, 0.6) is 0 Å². The lowest BCUT2D eigenvalue weighted by Crippen LogP contribution is -2.30. The predicted molar refractivity (Wildman–Crippen MR) is 52.3 cm³/mol. The number of rotatable bonds is 1. The molecule has 1 fully saturated rings. The number of likely N-dealkylation sites (tertiary alicyclic amines) is 1. The Bertz CT molecular complexity index is 424. The molecule has 16 heavy (non-hydrogen) atoms. The molecule has 0 bridgehead atoms. The summed E-state index contributed by atoms with van der Waals surface area (Å²) in [7, 11) is 1.77. The van der Waals surface area contributed by atoms with Crippen LogP contribution in [0.2, 0.25) is 0 Å². The molecule has 0 radical (unpaired) electrons. The lowest BCUT2D eigenvalue weighted by molar-refractivity contribution is 0.0443. The Balaban J connectivity index is 2.45. The molecule has 1 aromatic carbocycles. The van der Waals surface area contributed by atoms with E-state index in [1.54, 1.807) is 11.9 Å². The number of benzene rings is 1. The van der Waals surface area contributed by atoms with Gasteiger partial charge in [0.1, 0.15) is 5.60 Å². The van der Waals surface area contributed by atoms with Gasteiger partial charge in [0.15, 0.2) is 17.5 Å². The second-order valence-electron chi connectivity index (χ2n) is 4.24. The molecule has 1 aliphatic rings. The van der Waals surface area contributed by atoms with Crippen molar-refractivity contribution in [3.05, 3.63) is 35.1 Å². The Morgan fingerprint density at radius 1 is 1.25 bits per heavy atom. The third-order valence-corrected chi connectivity index (χ3v) is 2.98. The lowest BCUT2D eigenvalue weighted by Gasteiger charge is -2.23. The first-order valence-corrected chi connectivity index (χ1v) is 4.99. The molecule has 0 aliphatic carbocycles. The van der Waals surface area contributed by atoms with E-state index in [4.69, 9.17) is 0 Å². The van der Waals surface area contributed by atoms with Crippen LogP contribution in [0.1, 0.15) is 12.0 Å². The molecule has 0 spiro atoms. The number of hydrogen-bond acceptors (Lipinski definition) is 2. The highest BCUT2D eigenvalue weighted by atomic mass is 19.2. The summed E-state index contributed by atoms with van der Waals surface area (Å²) in [5.74, 6) is -4.06. The lowest BCUT2D eigenvalue weighted by atomic mass is 9.92. The molecule has 2 rings (SSSR count). The van der Waals surface area contributed by atoms with Crippen LogP contribution in [0.4, 0.5) is 13.2 Å². The molecule has 88 valence electrons. The number of hydrogen-bond donors (Lipinski definition) is 1. The van der Waals surface area contributed by atoms with Crippen LogP contribution in [0.3, 0.4) is 0 Å². The van der Waals surface area contributed by atoms with Crippen LogP contribution in [0.15, 0.2) is 12.1 Å². The van der Waals surface area contributed by atoms with Gasteiger partial charge in [-0.05, 0) is 19.5 Å². The maximum Gasteiger partial charge on any atom is 0.194 e. The van der Waals surface area contributed by atoms with Gasteiger partial charge in [0.25, 0.3) is 0 Å². The molecule has 1 unspecified atom stereocenters. The van der Waals surface area contributed by atoms with Gasteiger partial charge in [0.05, 0.1) is 0 Å². The largest absolute Gasteiger partial charge is 0.384 e. The van der Waals surface area contributed by atoms with E-state index in [2.05, 4.69) is 0 Å². The average molecular weight is 231 g/mol. The van der Waals surface area contributed by atoms with Crippen molar-refractivity contribution in [2.75, 3.05) is 20.1 Å². The molecule has 1 N–H and O–H groups in total. The monoisotopic (exact) mass is 231 g/mol. The van der Waals surface area contributed by atoms with E-state index in [1.807, 2.05) is 0 Å². The first-order chi connectivity index (χ1) is 7.44. The minimum atomic E-state index is -1.53. The normalized spacial score (nSPS) is 26.3. The van der Waals surface area contributed by atoms with Crippen molar-refractivity contribution in [1.29, 1.82) is 0 Å². The molecule has 0 amide bonds. The summed E-state index contributed by atoms with van der Waals surface area (Å²) in [6.45, 7) is 0.809. The van der Waals surface area contributed by atoms with Crippen molar-refractivity contribution in [3.8, 4) is 0 Å². The highest BCUT2D eigenvalue weighted by Gasteiger charge is 2.39. The van der Waals surface area contributed by atoms with Crippen LogP contribution in [-0.2, 0) is 5.60 Å². The molecular formula is C11H12F3NO. The molecule has 5 heteroatoms. The maximum atomic E-state index is 13.5. The molecule has 0 saturated carbocycles. The molecular weight excluding hydrogens is 219 g/mol. The molecule has 0 aromatic heterocycles. The minimum Gasteiger partial charge on any atom is -0.384 e. The van der Waals surface area contributed by atoms with Gasteiger partial charge in [-0.25, -0.2) is 13.2 Å². The zero-order valence-electron chi connectivity index (χ0n) is 8.80. The summed E-state index contributed by atoms with van der Waals surface area (Å²) < 4.78 is 39.3. The van der Waals surface area contributed by atoms with Crippen LogP contribution < -0.4 is 0 Å². The topological polar surface area (TPSA) is 23.5 Å². The number of aliphatic hydroxyl groups is 1. The standard InChI is InChI=1S/C11H12F3NO/c1-15-5-4-11(16,6-15)7-2-3-8(12)10(14)9(7)13/h2-3,16H,4-6H2,1H3. The molecule has 2 nitrogen and oxygen atoms in total. The first-order valence-electron chi connectivity index (χ1n) is 4.99. The van der Waals surface area contributed by atoms with E-state index in [1.165, 1.54) is 0 Å². The number of nitrogens with zero attached hydrogens (tertiary/aromatic N) is 1. The van der Waals surface area contributed by atoms with Crippen molar-refractivity contribution in [2.24, 2.45) is 0 Å². The first kappa shape index (κ1) is 11.4. The van der Waals surface area contributed by atoms with Crippen molar-refractivity contribution in [2.45, 2.75) is 12.0 Å². The predicted octanol–water partition coefficient (Wildman–Crippen LogP) is 1.63. The van der Waals surface area contributed by atoms with Crippen molar-refractivity contribution in [1.82, 2.24) is 4.90 Å². The maximum absolute atomic E-state index is 13.5. The van der Waals surface area contributed by atoms with Gasteiger partial charge in [0.2, 0.25) is 0 Å². The number of likely N-dealkylation sites (N-methyl/N-ethyl adjacent to an activating group) is 1. The third kappa shape index (κ3) is 1.70. The molecule has 1 aromatic rings. The van der Waals surface area contributed by atoms with Gasteiger partial charge in [-0.1, -0.05) is 6.07 Å². The Hall–Kier alpha value is -1.07. The Morgan fingerprint density at radius 3 is 2.50 bits per heavy atom. The molecule has 1 atom stereocenters. The Kier molecular flexibility index (Phi) is 2.67. The van der Waals surface area contributed by atoms with Crippen molar-refractivity contribution < 1.29 is 18.3 Å². The quantitative estimate of drug-likeness (QED) is 0.742. The van der Waals surface area contributed by atoms with Gasteiger partial charge < -0.3 is 10.0 Å². The summed E-state index contributed by atoms with van der Waals surface area (Å²) in [6, 6.07) is 1.94. The number of β-amino-alcohol motifs (C(OH)–C–C–N with tert-alkyl or cyclic N) is 1. The van der Waals surface area contributed by atoms with E-state index in [9.17, 15) is 18.3 Å². The summed E-state index contributed by atoms with van der Waals surface area (Å²) in [6.07, 6.45) is 0.311. The summed E-state index contributed by atoms with van der Waals surface area (Å²) in [4.78, 5) is 1.81. The fraction of sp³-hybridized carbons (Fsp3) is 0.455. The highest BCUT2D eigenvalue weighted by molar-refractivity contribution is 5.27. The van der Waals surface area contributed by atoms with E-state index >= 15 is 0 Å². The minimum absolute atomic E-state index is 0.171. The second kappa shape index (κ2) is 3.75.